The molecule has 2 N–H and O–H groups in total. The molecule has 14 heteroatoms. The first-order valence-corrected chi connectivity index (χ1v) is 13.0. The van der Waals surface area contributed by atoms with Crippen molar-refractivity contribution >= 4 is 28.8 Å². The van der Waals surface area contributed by atoms with Crippen LogP contribution in [0, 0.1) is 0 Å². The molecule has 2 atom stereocenters. The third-order valence-electron chi connectivity index (χ3n) is 7.20. The van der Waals surface area contributed by atoms with E-state index in [0.717, 1.165) is 28.0 Å². The van der Waals surface area contributed by atoms with E-state index in [2.05, 4.69) is 35.9 Å². The Labute approximate surface area is 217 Å². The van der Waals surface area contributed by atoms with Crippen LogP contribution in [-0.4, -0.2) is 97.2 Å². The van der Waals surface area contributed by atoms with Crippen molar-refractivity contribution in [3.05, 3.63) is 23.5 Å². The Morgan fingerprint density at radius 2 is 2.05 bits per heavy atom. The summed E-state index contributed by atoms with van der Waals surface area (Å²) in [6.07, 6.45) is -0.0325. The van der Waals surface area contributed by atoms with Gasteiger partial charge in [0.05, 0.1) is 31.0 Å². The first-order chi connectivity index (χ1) is 18.4. The fourth-order valence-electron chi connectivity index (χ4n) is 5.21. The summed E-state index contributed by atoms with van der Waals surface area (Å²) < 4.78 is 49.2. The first-order valence-electron chi connectivity index (χ1n) is 13.0. The van der Waals surface area contributed by atoms with Crippen LogP contribution in [0.3, 0.4) is 0 Å². The molecule has 2 saturated heterocycles. The molecule has 204 valence electrons. The van der Waals surface area contributed by atoms with E-state index in [1.807, 2.05) is 26.1 Å². The number of nitrogens with one attached hydrogen (secondary N) is 2. The van der Waals surface area contributed by atoms with Gasteiger partial charge in [0.1, 0.15) is 23.9 Å². The minimum atomic E-state index is -2.55. The number of hydrogen-bond donors (Lipinski definition) is 2. The van der Waals surface area contributed by atoms with E-state index in [-0.39, 0.29) is 6.04 Å². The van der Waals surface area contributed by atoms with Gasteiger partial charge in [-0.15, -0.1) is 10.2 Å². The van der Waals surface area contributed by atoms with Gasteiger partial charge in [0.2, 0.25) is 5.95 Å². The standard InChI is InChI=1S/C24H31F3N10O/c1-13(2)28-22-21-15(17-3-4-19-23(29-17)37(34-32-19)10-20(26)27)5-8-36(21)33-24(31-22)30-18-6-7-35(9-16(18)25)14-11-38-12-14/h5,8,13-14,16,18,20H,3-4,6-7,9-12H2,1-2H3,(H2,28,30,31,33)/t16-,18+/m1/s1. The highest BCUT2D eigenvalue weighted by atomic mass is 19.3. The number of alkyl halides is 3. The lowest BCUT2D eigenvalue weighted by Gasteiger charge is -2.42. The van der Waals surface area contributed by atoms with Gasteiger partial charge in [0.25, 0.3) is 6.43 Å². The van der Waals surface area contributed by atoms with Crippen molar-refractivity contribution in [3.63, 3.8) is 0 Å². The zero-order valence-electron chi connectivity index (χ0n) is 21.3. The van der Waals surface area contributed by atoms with Crippen molar-refractivity contribution in [1.82, 2.24) is 34.5 Å². The summed E-state index contributed by atoms with van der Waals surface area (Å²) in [4.78, 5) is 11.6. The number of aryl methyl sites for hydroxylation is 1. The SMILES string of the molecule is CC(C)Nc1nc(N[C@H]2CCN(C3COC3)C[C@H]2F)nn2ccc(C3=Nc4c(nnn4CC(F)F)CC3)c12. The van der Waals surface area contributed by atoms with Crippen molar-refractivity contribution in [1.29, 1.82) is 0 Å². The Hall–Kier alpha value is -3.26. The van der Waals surface area contributed by atoms with E-state index in [9.17, 15) is 8.78 Å². The van der Waals surface area contributed by atoms with Gasteiger partial charge in [-0.25, -0.2) is 27.4 Å². The molecule has 38 heavy (non-hydrogen) atoms. The van der Waals surface area contributed by atoms with Gasteiger partial charge in [-0.05, 0) is 32.8 Å². The summed E-state index contributed by atoms with van der Waals surface area (Å²) in [7, 11) is 0. The van der Waals surface area contributed by atoms with Crippen molar-refractivity contribution in [2.45, 2.75) is 70.4 Å². The number of ether oxygens (including phenoxy) is 1. The zero-order valence-corrected chi connectivity index (χ0v) is 21.3. The number of rotatable bonds is 8. The molecule has 0 saturated carbocycles. The molecule has 0 unspecified atom stereocenters. The van der Waals surface area contributed by atoms with Crippen LogP contribution in [0.1, 0.15) is 37.9 Å². The van der Waals surface area contributed by atoms with E-state index < -0.39 is 25.2 Å². The monoisotopic (exact) mass is 532 g/mol. The summed E-state index contributed by atoms with van der Waals surface area (Å²) in [5, 5.41) is 19.1. The lowest BCUT2D eigenvalue weighted by molar-refractivity contribution is -0.0794. The van der Waals surface area contributed by atoms with Crippen LogP contribution >= 0.6 is 0 Å². The third-order valence-corrected chi connectivity index (χ3v) is 7.20. The summed E-state index contributed by atoms with van der Waals surface area (Å²) in [5.74, 6) is 1.28. The molecule has 3 aliphatic heterocycles. The molecule has 0 spiro atoms. The highest BCUT2D eigenvalue weighted by Gasteiger charge is 2.36. The number of nitrogens with zero attached hydrogens (tertiary/aromatic N) is 8. The fourth-order valence-corrected chi connectivity index (χ4v) is 5.21. The molecule has 0 aliphatic carbocycles. The van der Waals surface area contributed by atoms with Crippen LogP contribution in [0.25, 0.3) is 5.52 Å². The molecule has 2 fully saturated rings. The quantitative estimate of drug-likeness (QED) is 0.456. The molecule has 0 bridgehead atoms. The molecule has 0 radical (unpaired) electrons. The Kier molecular flexibility index (Phi) is 6.68. The molecule has 6 rings (SSSR count). The average Bonchev–Trinajstić information content (AvgIpc) is 3.43. The summed E-state index contributed by atoms with van der Waals surface area (Å²) in [6, 6.07) is 1.88. The maximum absolute atomic E-state index is 15.1. The van der Waals surface area contributed by atoms with E-state index in [1.54, 1.807) is 4.52 Å². The Bertz CT molecular complexity index is 1330. The average molecular weight is 533 g/mol. The molecule has 11 nitrogen and oxygen atoms in total. The van der Waals surface area contributed by atoms with Gasteiger partial charge < -0.3 is 15.4 Å². The Morgan fingerprint density at radius 1 is 1.21 bits per heavy atom. The van der Waals surface area contributed by atoms with Crippen LogP contribution in [-0.2, 0) is 17.7 Å². The minimum absolute atomic E-state index is 0.0720. The molecule has 0 aromatic carbocycles. The highest BCUT2D eigenvalue weighted by molar-refractivity contribution is 6.10. The van der Waals surface area contributed by atoms with Crippen LogP contribution in [0.15, 0.2) is 17.3 Å². The van der Waals surface area contributed by atoms with Crippen molar-refractivity contribution in [2.24, 2.45) is 4.99 Å². The normalized spacial score (nSPS) is 22.6. The smallest absolute Gasteiger partial charge is 0.258 e. The van der Waals surface area contributed by atoms with Crippen molar-refractivity contribution in [2.75, 3.05) is 36.9 Å². The van der Waals surface area contributed by atoms with Crippen LogP contribution in [0.4, 0.5) is 30.8 Å². The van der Waals surface area contributed by atoms with Crippen LogP contribution in [0.5, 0.6) is 0 Å². The lowest BCUT2D eigenvalue weighted by atomic mass is 10.0. The molecule has 3 aromatic rings. The van der Waals surface area contributed by atoms with Crippen molar-refractivity contribution < 1.29 is 17.9 Å². The van der Waals surface area contributed by atoms with Gasteiger partial charge in [-0.1, -0.05) is 5.21 Å². The van der Waals surface area contributed by atoms with Gasteiger partial charge in [-0.3, -0.25) is 4.90 Å². The Balaban J connectivity index is 1.29. The molecule has 0 amide bonds. The second-order valence-corrected chi connectivity index (χ2v) is 10.3. The maximum Gasteiger partial charge on any atom is 0.258 e. The second-order valence-electron chi connectivity index (χ2n) is 10.3. The molecular formula is C24H31F3N10O. The van der Waals surface area contributed by atoms with E-state index >= 15 is 4.39 Å². The topological polar surface area (TPSA) is 110 Å². The predicted molar refractivity (Wildman–Crippen MR) is 135 cm³/mol. The zero-order chi connectivity index (χ0) is 26.4. The van der Waals surface area contributed by atoms with E-state index in [4.69, 9.17) is 9.72 Å². The summed E-state index contributed by atoms with van der Waals surface area (Å²) >= 11 is 0. The number of anilines is 2. The molecular weight excluding hydrogens is 501 g/mol. The largest absolute Gasteiger partial charge is 0.378 e. The fraction of sp³-hybridized carbons (Fsp3) is 0.625. The number of aliphatic imine (C=N–C) groups is 1. The predicted octanol–water partition coefficient (Wildman–Crippen LogP) is 2.70. The second kappa shape index (κ2) is 10.1. The third kappa shape index (κ3) is 4.82. The number of hydrogen-bond acceptors (Lipinski definition) is 9. The lowest BCUT2D eigenvalue weighted by Crippen LogP contribution is -2.57. The Morgan fingerprint density at radius 3 is 2.76 bits per heavy atom. The first kappa shape index (κ1) is 25.0. The van der Waals surface area contributed by atoms with Gasteiger partial charge in [-0.2, -0.15) is 4.98 Å². The number of likely N-dealkylation sites (tertiary alicyclic amines) is 1. The minimum Gasteiger partial charge on any atom is -0.378 e. The number of aromatic nitrogens is 6. The van der Waals surface area contributed by atoms with Gasteiger partial charge in [0.15, 0.2) is 11.6 Å². The summed E-state index contributed by atoms with van der Waals surface area (Å²) in [5.41, 5.74) is 2.86. The van der Waals surface area contributed by atoms with Gasteiger partial charge >= 0.3 is 0 Å². The highest BCUT2D eigenvalue weighted by Crippen LogP contribution is 2.31. The van der Waals surface area contributed by atoms with Crippen molar-refractivity contribution in [3.8, 4) is 0 Å². The number of fused-ring (bicyclic) bond motifs is 2. The van der Waals surface area contributed by atoms with E-state index in [0.29, 0.717) is 68.3 Å². The van der Waals surface area contributed by atoms with Crippen LogP contribution < -0.4 is 10.6 Å². The molecule has 3 aromatic heterocycles. The van der Waals surface area contributed by atoms with Crippen LogP contribution in [0.2, 0.25) is 0 Å². The van der Waals surface area contributed by atoms with E-state index in [1.165, 1.54) is 0 Å². The van der Waals surface area contributed by atoms with Gasteiger partial charge in [0, 0.05) is 37.3 Å². The molecule has 3 aliphatic rings. The molecule has 6 heterocycles. The summed E-state index contributed by atoms with van der Waals surface area (Å²) in [6.45, 7) is 5.94. The number of halogens is 3. The number of piperidine rings is 1. The maximum atomic E-state index is 15.1.